The molecule has 2 aromatic rings. The van der Waals surface area contributed by atoms with Crippen LogP contribution in [0.2, 0.25) is 0 Å². The second-order valence-corrected chi connectivity index (χ2v) is 7.99. The summed E-state index contributed by atoms with van der Waals surface area (Å²) in [4.78, 5) is 11.0. The Bertz CT molecular complexity index is 791. The Kier molecular flexibility index (Phi) is 10.7. The number of aliphatic hydroxyl groups is 1. The Labute approximate surface area is 202 Å². The van der Waals surface area contributed by atoms with Crippen LogP contribution in [0.3, 0.4) is 0 Å². The number of morpholine rings is 1. The van der Waals surface area contributed by atoms with Crippen LogP contribution < -0.4 is 10.6 Å². The fourth-order valence-electron chi connectivity index (χ4n) is 3.50. The molecule has 3 N–H and O–H groups in total. The van der Waals surface area contributed by atoms with Gasteiger partial charge < -0.3 is 25.0 Å². The van der Waals surface area contributed by atoms with Crippen molar-refractivity contribution in [2.45, 2.75) is 32.5 Å². The maximum absolute atomic E-state index is 10.8. The van der Waals surface area contributed by atoms with Gasteiger partial charge in [0.25, 0.3) is 0 Å². The van der Waals surface area contributed by atoms with Gasteiger partial charge in [0, 0.05) is 51.7 Å². The number of nitrogens with one attached hydrogen (secondary N) is 2. The van der Waals surface area contributed by atoms with Gasteiger partial charge >= 0.3 is 0 Å². The van der Waals surface area contributed by atoms with E-state index >= 15 is 0 Å². The number of halogens is 1. The van der Waals surface area contributed by atoms with Crippen molar-refractivity contribution in [3.05, 3.63) is 54.1 Å². The Morgan fingerprint density at radius 3 is 2.74 bits per heavy atom. The highest BCUT2D eigenvalue weighted by atomic mass is 127. The third-order valence-corrected chi connectivity index (χ3v) is 4.98. The number of hydrogen-bond acceptors (Lipinski definition) is 5. The minimum Gasteiger partial charge on any atom is -0.387 e. The van der Waals surface area contributed by atoms with Crippen LogP contribution in [0.4, 0.5) is 0 Å². The molecule has 172 valence electrons. The van der Waals surface area contributed by atoms with Gasteiger partial charge in [0.1, 0.15) is 0 Å². The molecule has 1 aromatic carbocycles. The summed E-state index contributed by atoms with van der Waals surface area (Å²) in [6.45, 7) is 10.2. The van der Waals surface area contributed by atoms with E-state index in [1.165, 1.54) is 5.56 Å². The van der Waals surface area contributed by atoms with Gasteiger partial charge in [0.15, 0.2) is 5.96 Å². The summed E-state index contributed by atoms with van der Waals surface area (Å²) < 4.78 is 7.43. The van der Waals surface area contributed by atoms with Crippen molar-refractivity contribution >= 4 is 29.9 Å². The number of benzene rings is 1. The highest BCUT2D eigenvalue weighted by Gasteiger charge is 2.25. The van der Waals surface area contributed by atoms with E-state index in [0.29, 0.717) is 25.6 Å². The molecule has 1 aliphatic heterocycles. The molecule has 0 saturated carbocycles. The van der Waals surface area contributed by atoms with Gasteiger partial charge in [-0.2, -0.15) is 0 Å². The number of hydrogen-bond donors (Lipinski definition) is 3. The van der Waals surface area contributed by atoms with Crippen LogP contribution >= 0.6 is 24.0 Å². The Hall–Kier alpha value is -1.69. The maximum Gasteiger partial charge on any atom is 0.191 e. The number of aliphatic imine (C=N–C) groups is 1. The molecule has 3 rings (SSSR count). The number of β-amino-alcohol motifs (C(OH)–C–C–N with tert-alkyl or cyclic N) is 1. The molecule has 1 fully saturated rings. The molecular formula is C22H35IN6O2. The first-order chi connectivity index (χ1) is 14.5. The molecule has 1 aromatic heterocycles. The zero-order valence-corrected chi connectivity index (χ0v) is 20.8. The van der Waals surface area contributed by atoms with Crippen LogP contribution in [-0.2, 0) is 17.8 Å². The van der Waals surface area contributed by atoms with Gasteiger partial charge in [-0.05, 0) is 25.0 Å². The molecule has 1 aliphatic rings. The Morgan fingerprint density at radius 2 is 2.03 bits per heavy atom. The lowest BCUT2D eigenvalue weighted by Gasteiger charge is -2.34. The van der Waals surface area contributed by atoms with Crippen molar-refractivity contribution in [2.24, 2.45) is 4.99 Å². The van der Waals surface area contributed by atoms with Gasteiger partial charge in [-0.1, -0.05) is 24.3 Å². The molecule has 0 amide bonds. The Balaban J connectivity index is 0.00000341. The first-order valence-corrected chi connectivity index (χ1v) is 10.6. The summed E-state index contributed by atoms with van der Waals surface area (Å²) in [5.74, 6) is 0.708. The van der Waals surface area contributed by atoms with Crippen molar-refractivity contribution < 1.29 is 9.84 Å². The highest BCUT2D eigenvalue weighted by Crippen LogP contribution is 2.10. The highest BCUT2D eigenvalue weighted by molar-refractivity contribution is 14.0. The summed E-state index contributed by atoms with van der Waals surface area (Å²) in [7, 11) is 0. The van der Waals surface area contributed by atoms with Crippen LogP contribution in [0.25, 0.3) is 0 Å². The van der Waals surface area contributed by atoms with E-state index in [4.69, 9.17) is 9.73 Å². The molecule has 9 heteroatoms. The van der Waals surface area contributed by atoms with Crippen LogP contribution in [0.1, 0.15) is 25.0 Å². The predicted octanol–water partition coefficient (Wildman–Crippen LogP) is 1.69. The standard InChI is InChI=1S/C22H34N6O2.HI/c1-3-24-21(26-16-22(2,29)17-27-9-11-30-12-10-27)25-14-19-5-4-6-20(13-19)15-28-8-7-23-18-28;/h4-8,13,18,29H,3,9-12,14-17H2,1-2H3,(H2,24,25,26);1H. The molecule has 0 bridgehead atoms. The SMILES string of the molecule is CCNC(=NCc1cccc(Cn2ccnc2)c1)NCC(C)(O)CN1CCOCC1.I. The van der Waals surface area contributed by atoms with Crippen LogP contribution in [0, 0.1) is 0 Å². The third-order valence-electron chi connectivity index (χ3n) is 4.98. The van der Waals surface area contributed by atoms with Crippen molar-refractivity contribution in [3.8, 4) is 0 Å². The van der Waals surface area contributed by atoms with Gasteiger partial charge in [0.05, 0.1) is 31.7 Å². The lowest BCUT2D eigenvalue weighted by atomic mass is 10.1. The fourth-order valence-corrected chi connectivity index (χ4v) is 3.50. The number of aromatic nitrogens is 2. The fraction of sp³-hybridized carbons (Fsp3) is 0.545. The van der Waals surface area contributed by atoms with E-state index in [-0.39, 0.29) is 24.0 Å². The van der Waals surface area contributed by atoms with Crippen LogP contribution in [0.5, 0.6) is 0 Å². The molecule has 1 unspecified atom stereocenters. The van der Waals surface area contributed by atoms with E-state index in [2.05, 4.69) is 44.8 Å². The van der Waals surface area contributed by atoms with Crippen LogP contribution in [0.15, 0.2) is 48.0 Å². The average Bonchev–Trinajstić information content (AvgIpc) is 3.24. The summed E-state index contributed by atoms with van der Waals surface area (Å²) in [5.41, 5.74) is 1.51. The average molecular weight is 542 g/mol. The molecule has 8 nitrogen and oxygen atoms in total. The van der Waals surface area contributed by atoms with E-state index < -0.39 is 5.60 Å². The summed E-state index contributed by atoms with van der Waals surface area (Å²) in [5, 5.41) is 17.3. The molecular weight excluding hydrogens is 507 g/mol. The minimum atomic E-state index is -0.849. The number of rotatable bonds is 9. The molecule has 0 spiro atoms. The first kappa shape index (κ1) is 25.6. The van der Waals surface area contributed by atoms with E-state index in [1.54, 1.807) is 6.20 Å². The summed E-state index contributed by atoms with van der Waals surface area (Å²) in [6, 6.07) is 8.42. The van der Waals surface area contributed by atoms with Crippen molar-refractivity contribution in [2.75, 3.05) is 45.9 Å². The monoisotopic (exact) mass is 542 g/mol. The second-order valence-electron chi connectivity index (χ2n) is 7.99. The number of imidazole rings is 1. The zero-order valence-electron chi connectivity index (χ0n) is 18.5. The second kappa shape index (κ2) is 13.0. The van der Waals surface area contributed by atoms with E-state index in [1.807, 2.05) is 30.9 Å². The maximum atomic E-state index is 10.8. The smallest absolute Gasteiger partial charge is 0.191 e. The molecule has 31 heavy (non-hydrogen) atoms. The van der Waals surface area contributed by atoms with Gasteiger partial charge in [0.2, 0.25) is 0 Å². The summed E-state index contributed by atoms with van der Waals surface area (Å²) >= 11 is 0. The topological polar surface area (TPSA) is 86.9 Å². The Morgan fingerprint density at radius 1 is 1.26 bits per heavy atom. The normalized spacial score (nSPS) is 16.9. The first-order valence-electron chi connectivity index (χ1n) is 10.6. The lowest BCUT2D eigenvalue weighted by Crippen LogP contribution is -2.52. The lowest BCUT2D eigenvalue weighted by molar-refractivity contribution is -0.0201. The molecule has 2 heterocycles. The van der Waals surface area contributed by atoms with Gasteiger partial charge in [-0.3, -0.25) is 4.90 Å². The number of ether oxygens (including phenoxy) is 1. The van der Waals surface area contributed by atoms with Crippen molar-refractivity contribution in [3.63, 3.8) is 0 Å². The number of nitrogens with zero attached hydrogens (tertiary/aromatic N) is 4. The largest absolute Gasteiger partial charge is 0.387 e. The summed E-state index contributed by atoms with van der Waals surface area (Å²) in [6.07, 6.45) is 5.57. The van der Waals surface area contributed by atoms with Gasteiger partial charge in [-0.15, -0.1) is 24.0 Å². The molecule has 0 aliphatic carbocycles. The zero-order chi connectivity index (χ0) is 21.2. The molecule has 1 atom stereocenters. The van der Waals surface area contributed by atoms with Crippen molar-refractivity contribution in [1.82, 2.24) is 25.1 Å². The van der Waals surface area contributed by atoms with Gasteiger partial charge in [-0.25, -0.2) is 9.98 Å². The van der Waals surface area contributed by atoms with E-state index in [0.717, 1.165) is 45.0 Å². The predicted molar refractivity (Wildman–Crippen MR) is 134 cm³/mol. The third kappa shape index (κ3) is 9.14. The van der Waals surface area contributed by atoms with E-state index in [9.17, 15) is 5.11 Å². The van der Waals surface area contributed by atoms with Crippen LogP contribution in [-0.4, -0.2) is 77.1 Å². The number of guanidine groups is 1. The molecule has 1 saturated heterocycles. The minimum absolute atomic E-state index is 0. The molecule has 0 radical (unpaired) electrons. The quantitative estimate of drug-likeness (QED) is 0.254. The van der Waals surface area contributed by atoms with Crippen molar-refractivity contribution in [1.29, 1.82) is 0 Å².